The Morgan fingerprint density at radius 2 is 2.18 bits per heavy atom. The zero-order valence-corrected chi connectivity index (χ0v) is 11.2. The van der Waals surface area contributed by atoms with Crippen LogP contribution in [0.25, 0.3) is 0 Å². The quantitative estimate of drug-likeness (QED) is 0.900. The van der Waals surface area contributed by atoms with E-state index in [-0.39, 0.29) is 17.2 Å². The number of aromatic hydroxyl groups is 1. The van der Waals surface area contributed by atoms with Gasteiger partial charge in [-0.05, 0) is 24.1 Å². The highest BCUT2D eigenvalue weighted by molar-refractivity contribution is 9.10. The summed E-state index contributed by atoms with van der Waals surface area (Å²) in [7, 11) is 0. The number of amides is 1. The first-order valence-corrected chi connectivity index (χ1v) is 5.94. The molecule has 4 nitrogen and oxygen atoms in total. The second-order valence-corrected chi connectivity index (χ2v) is 4.90. The largest absolute Gasteiger partial charge is 0.507 e. The number of carbonyl (C=O) groups is 1. The first kappa shape index (κ1) is 13.5. The fourth-order valence-electron chi connectivity index (χ4n) is 1.26. The Balaban J connectivity index is 2.90. The number of halogens is 1. The maximum atomic E-state index is 11.8. The maximum Gasteiger partial charge on any atom is 0.256 e. The molecule has 1 amide bonds. The number of carbonyl (C=O) groups excluding carboxylic acids is 1. The predicted molar refractivity (Wildman–Crippen MR) is 67.5 cm³/mol. The maximum absolute atomic E-state index is 11.8. The van der Waals surface area contributed by atoms with E-state index < -0.39 is 11.9 Å². The Morgan fingerprint density at radius 3 is 2.71 bits per heavy atom. The number of hydrogen-bond donors (Lipinski definition) is 2. The highest BCUT2D eigenvalue weighted by Crippen LogP contribution is 2.21. The van der Waals surface area contributed by atoms with Crippen LogP contribution in [0.3, 0.4) is 0 Å². The molecule has 0 aliphatic rings. The molecule has 1 atom stereocenters. The van der Waals surface area contributed by atoms with Gasteiger partial charge in [-0.15, -0.1) is 0 Å². The molecule has 0 fully saturated rings. The molecule has 0 heterocycles. The minimum atomic E-state index is -0.569. The van der Waals surface area contributed by atoms with Crippen LogP contribution in [-0.2, 0) is 0 Å². The van der Waals surface area contributed by atoms with Gasteiger partial charge in [0.2, 0.25) is 0 Å². The average Bonchev–Trinajstić information content (AvgIpc) is 2.28. The van der Waals surface area contributed by atoms with Gasteiger partial charge in [-0.2, -0.15) is 5.26 Å². The molecule has 0 aliphatic carbocycles. The third-order valence-corrected chi connectivity index (χ3v) is 2.79. The first-order valence-electron chi connectivity index (χ1n) is 5.14. The van der Waals surface area contributed by atoms with Crippen LogP contribution in [0.1, 0.15) is 24.2 Å². The standard InChI is InChI=1S/C12H13BrN2O2/c1-7(2)10(6-14)15-12(17)9-5-8(13)3-4-11(9)16/h3-5,7,10,16H,1-2H3,(H,15,17). The SMILES string of the molecule is CC(C)C(C#N)NC(=O)c1cc(Br)ccc1O. The number of benzene rings is 1. The number of phenols is 1. The Labute approximate surface area is 108 Å². The third kappa shape index (κ3) is 3.46. The number of nitrogens with one attached hydrogen (secondary N) is 1. The second kappa shape index (κ2) is 5.69. The molecule has 17 heavy (non-hydrogen) atoms. The highest BCUT2D eigenvalue weighted by Gasteiger charge is 2.18. The van der Waals surface area contributed by atoms with E-state index in [4.69, 9.17) is 5.26 Å². The smallest absolute Gasteiger partial charge is 0.256 e. The molecule has 1 unspecified atom stereocenters. The topological polar surface area (TPSA) is 73.1 Å². The van der Waals surface area contributed by atoms with Crippen LogP contribution < -0.4 is 5.32 Å². The lowest BCUT2D eigenvalue weighted by Gasteiger charge is -2.15. The molecule has 0 bridgehead atoms. The molecule has 0 saturated carbocycles. The van der Waals surface area contributed by atoms with Gasteiger partial charge in [-0.1, -0.05) is 29.8 Å². The van der Waals surface area contributed by atoms with Crippen LogP contribution in [0.5, 0.6) is 5.75 Å². The van der Waals surface area contributed by atoms with Crippen molar-refractivity contribution in [2.45, 2.75) is 19.9 Å². The molecule has 90 valence electrons. The molecule has 5 heteroatoms. The molecule has 0 saturated heterocycles. The van der Waals surface area contributed by atoms with Crippen LogP contribution in [0.15, 0.2) is 22.7 Å². The van der Waals surface area contributed by atoms with Gasteiger partial charge in [-0.25, -0.2) is 0 Å². The Morgan fingerprint density at radius 1 is 1.53 bits per heavy atom. The van der Waals surface area contributed by atoms with E-state index in [9.17, 15) is 9.90 Å². The van der Waals surface area contributed by atoms with E-state index in [1.807, 2.05) is 19.9 Å². The zero-order chi connectivity index (χ0) is 13.0. The fourth-order valence-corrected chi connectivity index (χ4v) is 1.62. The van der Waals surface area contributed by atoms with Crippen molar-refractivity contribution < 1.29 is 9.90 Å². The van der Waals surface area contributed by atoms with E-state index in [0.717, 1.165) is 0 Å². The summed E-state index contributed by atoms with van der Waals surface area (Å²) >= 11 is 3.22. The van der Waals surface area contributed by atoms with Crippen molar-refractivity contribution in [1.29, 1.82) is 5.26 Å². The minimum absolute atomic E-state index is 0.0123. The number of hydrogen-bond acceptors (Lipinski definition) is 3. The van der Waals surface area contributed by atoms with Crippen LogP contribution in [0.4, 0.5) is 0 Å². The number of phenolic OH excluding ortho intramolecular Hbond substituents is 1. The Kier molecular flexibility index (Phi) is 4.53. The van der Waals surface area contributed by atoms with E-state index in [2.05, 4.69) is 21.2 Å². The van der Waals surface area contributed by atoms with Crippen molar-refractivity contribution in [3.8, 4) is 11.8 Å². The van der Waals surface area contributed by atoms with Gasteiger partial charge < -0.3 is 10.4 Å². The first-order chi connectivity index (χ1) is 7.95. The van der Waals surface area contributed by atoms with Gasteiger partial charge in [-0.3, -0.25) is 4.79 Å². The van der Waals surface area contributed by atoms with Crippen LogP contribution in [0, 0.1) is 17.2 Å². The summed E-state index contributed by atoms with van der Waals surface area (Å²) < 4.78 is 0.693. The van der Waals surface area contributed by atoms with Crippen molar-refractivity contribution >= 4 is 21.8 Å². The van der Waals surface area contributed by atoms with Gasteiger partial charge in [0.15, 0.2) is 0 Å². The molecule has 0 spiro atoms. The summed E-state index contributed by atoms with van der Waals surface area (Å²) in [5.41, 5.74) is 0.153. The third-order valence-electron chi connectivity index (χ3n) is 2.30. The molecule has 1 aromatic carbocycles. The zero-order valence-electron chi connectivity index (χ0n) is 9.57. The normalized spacial score (nSPS) is 11.9. The van der Waals surface area contributed by atoms with Gasteiger partial charge in [0.05, 0.1) is 11.6 Å². The lowest BCUT2D eigenvalue weighted by atomic mass is 10.1. The molecule has 0 aromatic heterocycles. The van der Waals surface area contributed by atoms with Crippen molar-refractivity contribution in [2.75, 3.05) is 0 Å². The molecular weight excluding hydrogens is 284 g/mol. The van der Waals surface area contributed by atoms with Crippen molar-refractivity contribution in [1.82, 2.24) is 5.32 Å². The van der Waals surface area contributed by atoms with Crippen molar-refractivity contribution in [3.05, 3.63) is 28.2 Å². The summed E-state index contributed by atoms with van der Waals surface area (Å²) in [4.78, 5) is 11.8. The monoisotopic (exact) mass is 296 g/mol. The van der Waals surface area contributed by atoms with Gasteiger partial charge >= 0.3 is 0 Å². The molecule has 0 radical (unpaired) electrons. The van der Waals surface area contributed by atoms with Gasteiger partial charge in [0.25, 0.3) is 5.91 Å². The molecule has 0 aliphatic heterocycles. The van der Waals surface area contributed by atoms with Crippen LogP contribution >= 0.6 is 15.9 Å². The van der Waals surface area contributed by atoms with Crippen molar-refractivity contribution in [3.63, 3.8) is 0 Å². The fraction of sp³-hybridized carbons (Fsp3) is 0.333. The minimum Gasteiger partial charge on any atom is -0.507 e. The van der Waals surface area contributed by atoms with Gasteiger partial charge in [0.1, 0.15) is 11.8 Å². The molecule has 1 aromatic rings. The average molecular weight is 297 g/mol. The summed E-state index contributed by atoms with van der Waals surface area (Å²) in [5, 5.41) is 21.0. The van der Waals surface area contributed by atoms with Crippen LogP contribution in [0.2, 0.25) is 0 Å². The molecule has 2 N–H and O–H groups in total. The lowest BCUT2D eigenvalue weighted by molar-refractivity contribution is 0.0935. The summed E-state index contributed by atoms with van der Waals surface area (Å²) in [6.45, 7) is 3.68. The Bertz CT molecular complexity index is 466. The summed E-state index contributed by atoms with van der Waals surface area (Å²) in [5.74, 6) is -0.548. The summed E-state index contributed by atoms with van der Waals surface area (Å²) in [6, 6.07) is 6.02. The van der Waals surface area contributed by atoms with Gasteiger partial charge in [0, 0.05) is 4.47 Å². The number of nitrogens with zero attached hydrogens (tertiary/aromatic N) is 1. The van der Waals surface area contributed by atoms with Crippen LogP contribution in [-0.4, -0.2) is 17.1 Å². The molecule has 1 rings (SSSR count). The summed E-state index contributed by atoms with van der Waals surface area (Å²) in [6.07, 6.45) is 0. The second-order valence-electron chi connectivity index (χ2n) is 3.99. The molecular formula is C12H13BrN2O2. The lowest BCUT2D eigenvalue weighted by Crippen LogP contribution is -2.37. The highest BCUT2D eigenvalue weighted by atomic mass is 79.9. The number of nitriles is 1. The van der Waals surface area contributed by atoms with E-state index in [1.54, 1.807) is 6.07 Å². The van der Waals surface area contributed by atoms with E-state index in [1.165, 1.54) is 12.1 Å². The Hall–Kier alpha value is -1.54. The number of rotatable bonds is 3. The van der Waals surface area contributed by atoms with Crippen molar-refractivity contribution in [2.24, 2.45) is 5.92 Å². The van der Waals surface area contributed by atoms with E-state index in [0.29, 0.717) is 4.47 Å². The predicted octanol–water partition coefficient (Wildman–Crippen LogP) is 2.43. The van der Waals surface area contributed by atoms with E-state index >= 15 is 0 Å².